The van der Waals surface area contributed by atoms with Crippen LogP contribution in [0.5, 0.6) is 0 Å². The van der Waals surface area contributed by atoms with Gasteiger partial charge < -0.3 is 16.0 Å². The van der Waals surface area contributed by atoms with Crippen molar-refractivity contribution in [2.75, 3.05) is 25.5 Å². The summed E-state index contributed by atoms with van der Waals surface area (Å²) >= 11 is 3.38. The maximum absolute atomic E-state index is 10.7. The van der Waals surface area contributed by atoms with Gasteiger partial charge in [-0.3, -0.25) is 0 Å². The number of hydrogen-bond donors (Lipinski definition) is 2. The van der Waals surface area contributed by atoms with Crippen LogP contribution in [-0.4, -0.2) is 31.1 Å². The Morgan fingerprint density at radius 2 is 2.33 bits per heavy atom. The molecule has 4 nitrogen and oxygen atoms in total. The van der Waals surface area contributed by atoms with Crippen LogP contribution in [0, 0.1) is 0 Å². The average molecular weight is 272 g/mol. The Morgan fingerprint density at radius 3 is 2.93 bits per heavy atom. The van der Waals surface area contributed by atoms with Crippen LogP contribution in [-0.2, 0) is 0 Å². The number of carbonyl (C=O) groups excluding carboxylic acids is 1. The lowest BCUT2D eigenvalue weighted by atomic mass is 10.3. The van der Waals surface area contributed by atoms with Gasteiger partial charge in [0, 0.05) is 30.3 Å². The van der Waals surface area contributed by atoms with Gasteiger partial charge >= 0.3 is 6.03 Å². The van der Waals surface area contributed by atoms with Crippen LogP contribution in [0.2, 0.25) is 0 Å². The molecule has 2 amide bonds. The smallest absolute Gasteiger partial charge is 0.314 e. The Balaban J connectivity index is 2.35. The first kappa shape index (κ1) is 11.8. The number of nitrogens with zero attached hydrogens (tertiary/aromatic N) is 1. The summed E-state index contributed by atoms with van der Waals surface area (Å²) < 4.78 is 1.02. The monoisotopic (exact) mass is 271 g/mol. The van der Waals surface area contributed by atoms with Crippen molar-refractivity contribution in [3.63, 3.8) is 0 Å². The summed E-state index contributed by atoms with van der Waals surface area (Å²) in [6.07, 6.45) is 0. The summed E-state index contributed by atoms with van der Waals surface area (Å²) in [6, 6.07) is 7.44. The molecule has 0 aromatic heterocycles. The summed E-state index contributed by atoms with van der Waals surface area (Å²) in [6.45, 7) is 1.26. The molecule has 0 radical (unpaired) electrons. The van der Waals surface area contributed by atoms with Crippen molar-refractivity contribution in [2.24, 2.45) is 5.73 Å². The number of amides is 2. The number of benzene rings is 1. The molecule has 0 saturated carbocycles. The van der Waals surface area contributed by atoms with E-state index in [4.69, 9.17) is 5.73 Å². The van der Waals surface area contributed by atoms with Crippen LogP contribution in [0.3, 0.4) is 0 Å². The molecule has 0 aliphatic carbocycles. The number of nitrogens with one attached hydrogen (secondary N) is 1. The third kappa shape index (κ3) is 4.20. The second-order valence-corrected chi connectivity index (χ2v) is 4.11. The maximum atomic E-state index is 10.7. The molecular weight excluding hydrogens is 258 g/mol. The second kappa shape index (κ2) is 5.60. The van der Waals surface area contributed by atoms with Crippen molar-refractivity contribution in [3.05, 3.63) is 28.7 Å². The fourth-order valence-electron chi connectivity index (χ4n) is 1.08. The Kier molecular flexibility index (Phi) is 4.42. The first-order valence-corrected chi connectivity index (χ1v) is 5.39. The highest BCUT2D eigenvalue weighted by atomic mass is 79.9. The molecule has 0 fully saturated rings. The number of rotatable bonds is 4. The fourth-order valence-corrected chi connectivity index (χ4v) is 1.48. The Labute approximate surface area is 97.6 Å². The van der Waals surface area contributed by atoms with E-state index < -0.39 is 6.03 Å². The summed E-state index contributed by atoms with van der Waals surface area (Å²) in [5.41, 5.74) is 6.11. The number of likely N-dealkylation sites (N-methyl/N-ethyl adjacent to an activating group) is 1. The third-order valence-corrected chi connectivity index (χ3v) is 2.47. The van der Waals surface area contributed by atoms with E-state index in [1.54, 1.807) is 7.05 Å². The lowest BCUT2D eigenvalue weighted by molar-refractivity contribution is 0.220. The van der Waals surface area contributed by atoms with Gasteiger partial charge in [-0.2, -0.15) is 0 Å². The number of halogens is 1. The largest absolute Gasteiger partial charge is 0.383 e. The molecule has 0 unspecified atom stereocenters. The van der Waals surface area contributed by atoms with Crippen LogP contribution in [0.4, 0.5) is 10.5 Å². The molecule has 1 aromatic rings. The molecule has 15 heavy (non-hydrogen) atoms. The van der Waals surface area contributed by atoms with Gasteiger partial charge in [0.1, 0.15) is 0 Å². The van der Waals surface area contributed by atoms with Gasteiger partial charge in [-0.1, -0.05) is 22.0 Å². The number of carbonyl (C=O) groups is 1. The van der Waals surface area contributed by atoms with Crippen molar-refractivity contribution in [2.45, 2.75) is 0 Å². The van der Waals surface area contributed by atoms with E-state index in [1.807, 2.05) is 24.3 Å². The summed E-state index contributed by atoms with van der Waals surface area (Å²) in [4.78, 5) is 12.2. The highest BCUT2D eigenvalue weighted by molar-refractivity contribution is 9.10. The molecule has 0 saturated heterocycles. The van der Waals surface area contributed by atoms with Crippen LogP contribution in [0.15, 0.2) is 28.7 Å². The van der Waals surface area contributed by atoms with Gasteiger partial charge in [0.15, 0.2) is 0 Å². The van der Waals surface area contributed by atoms with Crippen LogP contribution in [0.25, 0.3) is 0 Å². The van der Waals surface area contributed by atoms with Gasteiger partial charge in [0.05, 0.1) is 0 Å². The van der Waals surface area contributed by atoms with E-state index in [0.29, 0.717) is 13.1 Å². The lowest BCUT2D eigenvalue weighted by Crippen LogP contribution is -2.35. The Hall–Kier alpha value is -1.23. The molecule has 0 bridgehead atoms. The molecule has 0 heterocycles. The lowest BCUT2D eigenvalue weighted by Gasteiger charge is -2.14. The zero-order valence-electron chi connectivity index (χ0n) is 8.53. The van der Waals surface area contributed by atoms with Gasteiger partial charge in [0.2, 0.25) is 0 Å². The molecule has 0 aliphatic rings. The molecule has 82 valence electrons. The highest BCUT2D eigenvalue weighted by Crippen LogP contribution is 2.15. The van der Waals surface area contributed by atoms with E-state index in [2.05, 4.69) is 21.2 Å². The fraction of sp³-hybridized carbons (Fsp3) is 0.300. The van der Waals surface area contributed by atoms with Crippen LogP contribution in [0.1, 0.15) is 0 Å². The highest BCUT2D eigenvalue weighted by Gasteiger charge is 2.01. The zero-order chi connectivity index (χ0) is 11.3. The number of anilines is 1. The number of hydrogen-bond acceptors (Lipinski definition) is 2. The molecule has 5 heteroatoms. The summed E-state index contributed by atoms with van der Waals surface area (Å²) in [5.74, 6) is 0. The number of primary amides is 1. The minimum atomic E-state index is -0.411. The standard InChI is InChI=1S/C10H14BrN3O/c1-14(10(12)15)6-5-13-9-4-2-3-8(11)7-9/h2-4,7,13H,5-6H2,1H3,(H2,12,15). The van der Waals surface area contributed by atoms with E-state index in [0.717, 1.165) is 10.2 Å². The molecule has 3 N–H and O–H groups in total. The van der Waals surface area contributed by atoms with E-state index >= 15 is 0 Å². The Bertz CT molecular complexity index is 343. The predicted octanol–water partition coefficient (Wildman–Crippen LogP) is 1.87. The minimum absolute atomic E-state index is 0.411. The van der Waals surface area contributed by atoms with E-state index in [1.165, 1.54) is 4.90 Å². The molecule has 0 aliphatic heterocycles. The number of nitrogens with two attached hydrogens (primary N) is 1. The Morgan fingerprint density at radius 1 is 1.60 bits per heavy atom. The predicted molar refractivity (Wildman–Crippen MR) is 64.8 cm³/mol. The molecule has 0 spiro atoms. The van der Waals surface area contributed by atoms with E-state index in [-0.39, 0.29) is 0 Å². The molecule has 1 rings (SSSR count). The van der Waals surface area contributed by atoms with Crippen molar-refractivity contribution in [3.8, 4) is 0 Å². The normalized spacial score (nSPS) is 9.73. The van der Waals surface area contributed by atoms with Gasteiger partial charge in [-0.05, 0) is 18.2 Å². The van der Waals surface area contributed by atoms with Crippen molar-refractivity contribution in [1.82, 2.24) is 4.90 Å². The summed E-state index contributed by atoms with van der Waals surface area (Å²) in [5, 5.41) is 3.19. The van der Waals surface area contributed by atoms with Crippen LogP contribution >= 0.6 is 15.9 Å². The molecule has 1 aromatic carbocycles. The second-order valence-electron chi connectivity index (χ2n) is 3.20. The zero-order valence-corrected chi connectivity index (χ0v) is 10.1. The van der Waals surface area contributed by atoms with Crippen molar-refractivity contribution < 1.29 is 4.79 Å². The van der Waals surface area contributed by atoms with Gasteiger partial charge in [-0.25, -0.2) is 4.79 Å². The third-order valence-electron chi connectivity index (χ3n) is 1.98. The van der Waals surface area contributed by atoms with Crippen LogP contribution < -0.4 is 11.1 Å². The van der Waals surface area contributed by atoms with Gasteiger partial charge in [0.25, 0.3) is 0 Å². The topological polar surface area (TPSA) is 58.4 Å². The quantitative estimate of drug-likeness (QED) is 0.879. The summed E-state index contributed by atoms with van der Waals surface area (Å²) in [7, 11) is 1.67. The van der Waals surface area contributed by atoms with E-state index in [9.17, 15) is 4.79 Å². The van der Waals surface area contributed by atoms with Crippen molar-refractivity contribution in [1.29, 1.82) is 0 Å². The van der Waals surface area contributed by atoms with Gasteiger partial charge in [-0.15, -0.1) is 0 Å². The van der Waals surface area contributed by atoms with Crippen molar-refractivity contribution >= 4 is 27.6 Å². The minimum Gasteiger partial charge on any atom is -0.383 e. The first-order valence-electron chi connectivity index (χ1n) is 4.59. The SMILES string of the molecule is CN(CCNc1cccc(Br)c1)C(N)=O. The molecular formula is C10H14BrN3O. The maximum Gasteiger partial charge on any atom is 0.314 e. The average Bonchev–Trinajstić information content (AvgIpc) is 2.17. The first-order chi connectivity index (χ1) is 7.09. The number of urea groups is 1. The molecule has 0 atom stereocenters.